The van der Waals surface area contributed by atoms with Crippen LogP contribution in [0.3, 0.4) is 0 Å². The smallest absolute Gasteiger partial charge is 0.220 e. The van der Waals surface area contributed by atoms with E-state index in [1.54, 1.807) is 6.20 Å². The monoisotopic (exact) mass is 284 g/mol. The van der Waals surface area contributed by atoms with Gasteiger partial charge in [0.25, 0.3) is 0 Å². The van der Waals surface area contributed by atoms with E-state index in [0.29, 0.717) is 17.9 Å². The van der Waals surface area contributed by atoms with Crippen LogP contribution >= 0.6 is 0 Å². The molecular formula is C16H20N4O. The summed E-state index contributed by atoms with van der Waals surface area (Å²) in [6.45, 7) is 4.17. The lowest BCUT2D eigenvalue weighted by molar-refractivity contribution is -0.0712. The molecule has 2 N–H and O–H groups in total. The molecule has 4 rings (SSSR count). The normalized spacial score (nSPS) is 21.5. The number of rotatable bonds is 2. The highest BCUT2D eigenvalue weighted by Crippen LogP contribution is 2.31. The minimum atomic E-state index is 0.347. The van der Waals surface area contributed by atoms with Gasteiger partial charge in [-0.05, 0) is 43.5 Å². The zero-order valence-electron chi connectivity index (χ0n) is 12.0. The first kappa shape index (κ1) is 13.0. The standard InChI is InChI=1S/C16H20N4O/c17-16-18-8-13-2-1-12(7-15(13)19-16)11-3-5-20(6-4-11)14-9-21-10-14/h1-2,7-8,11,14H,3-6,9-10H2,(H2,17,18,19). The summed E-state index contributed by atoms with van der Waals surface area (Å²) in [7, 11) is 0. The molecule has 1 aromatic heterocycles. The fourth-order valence-electron chi connectivity index (χ4n) is 3.34. The highest BCUT2D eigenvalue weighted by atomic mass is 16.5. The van der Waals surface area contributed by atoms with Crippen molar-refractivity contribution in [2.75, 3.05) is 32.0 Å². The van der Waals surface area contributed by atoms with E-state index >= 15 is 0 Å². The molecule has 2 aromatic rings. The average molecular weight is 284 g/mol. The maximum absolute atomic E-state index is 5.68. The number of nitrogens with zero attached hydrogens (tertiary/aromatic N) is 3. The molecule has 0 unspecified atom stereocenters. The molecule has 5 heteroatoms. The Morgan fingerprint density at radius 1 is 1.19 bits per heavy atom. The number of ether oxygens (including phenoxy) is 1. The number of benzene rings is 1. The van der Waals surface area contributed by atoms with Crippen molar-refractivity contribution in [3.8, 4) is 0 Å². The molecule has 0 atom stereocenters. The van der Waals surface area contributed by atoms with Gasteiger partial charge >= 0.3 is 0 Å². The molecule has 21 heavy (non-hydrogen) atoms. The lowest BCUT2D eigenvalue weighted by Crippen LogP contribution is -2.51. The zero-order chi connectivity index (χ0) is 14.2. The highest BCUT2D eigenvalue weighted by molar-refractivity contribution is 5.79. The van der Waals surface area contributed by atoms with Crippen molar-refractivity contribution in [1.29, 1.82) is 0 Å². The van der Waals surface area contributed by atoms with Crippen LogP contribution in [-0.2, 0) is 4.74 Å². The Bertz CT molecular complexity index is 648. The Morgan fingerprint density at radius 2 is 2.00 bits per heavy atom. The zero-order valence-corrected chi connectivity index (χ0v) is 12.0. The van der Waals surface area contributed by atoms with Crippen molar-refractivity contribution in [3.63, 3.8) is 0 Å². The van der Waals surface area contributed by atoms with Gasteiger partial charge in [-0.3, -0.25) is 4.90 Å². The van der Waals surface area contributed by atoms with Gasteiger partial charge < -0.3 is 10.5 Å². The summed E-state index contributed by atoms with van der Waals surface area (Å²) in [6.07, 6.45) is 4.21. The van der Waals surface area contributed by atoms with E-state index in [4.69, 9.17) is 10.5 Å². The van der Waals surface area contributed by atoms with Gasteiger partial charge in [-0.25, -0.2) is 9.97 Å². The van der Waals surface area contributed by atoms with Crippen LogP contribution in [0.4, 0.5) is 5.95 Å². The molecule has 2 fully saturated rings. The van der Waals surface area contributed by atoms with E-state index in [2.05, 4.69) is 33.1 Å². The van der Waals surface area contributed by atoms with Crippen molar-refractivity contribution in [2.45, 2.75) is 24.8 Å². The number of nitrogen functional groups attached to an aromatic ring is 1. The third kappa shape index (κ3) is 2.47. The number of hydrogen-bond donors (Lipinski definition) is 1. The summed E-state index contributed by atoms with van der Waals surface area (Å²) in [6, 6.07) is 7.17. The molecule has 1 aromatic carbocycles. The summed E-state index contributed by atoms with van der Waals surface area (Å²) in [4.78, 5) is 10.9. The van der Waals surface area contributed by atoms with E-state index in [9.17, 15) is 0 Å². The van der Waals surface area contributed by atoms with Gasteiger partial charge in [0.15, 0.2) is 0 Å². The van der Waals surface area contributed by atoms with Crippen LogP contribution in [-0.4, -0.2) is 47.2 Å². The van der Waals surface area contributed by atoms with Crippen LogP contribution < -0.4 is 5.73 Å². The molecular weight excluding hydrogens is 264 g/mol. The number of fused-ring (bicyclic) bond motifs is 1. The predicted octanol–water partition coefficient (Wildman–Crippen LogP) is 1.79. The Hall–Kier alpha value is -1.72. The van der Waals surface area contributed by atoms with E-state index in [1.807, 2.05) is 0 Å². The van der Waals surface area contributed by atoms with Gasteiger partial charge in [0.2, 0.25) is 5.95 Å². The minimum Gasteiger partial charge on any atom is -0.378 e. The van der Waals surface area contributed by atoms with Gasteiger partial charge in [0, 0.05) is 11.6 Å². The first-order valence-corrected chi connectivity index (χ1v) is 7.63. The Balaban J connectivity index is 1.51. The average Bonchev–Trinajstić information content (AvgIpc) is 2.45. The number of hydrogen-bond acceptors (Lipinski definition) is 5. The van der Waals surface area contributed by atoms with Gasteiger partial charge in [-0.15, -0.1) is 0 Å². The Labute approximate surface area is 124 Å². The van der Waals surface area contributed by atoms with Gasteiger partial charge in [-0.2, -0.15) is 0 Å². The molecule has 0 amide bonds. The van der Waals surface area contributed by atoms with E-state index in [1.165, 1.54) is 31.5 Å². The van der Waals surface area contributed by atoms with Crippen molar-refractivity contribution in [1.82, 2.24) is 14.9 Å². The van der Waals surface area contributed by atoms with Crippen LogP contribution in [0.5, 0.6) is 0 Å². The largest absolute Gasteiger partial charge is 0.378 e. The van der Waals surface area contributed by atoms with Crippen LogP contribution in [0.2, 0.25) is 0 Å². The van der Waals surface area contributed by atoms with Crippen molar-refractivity contribution >= 4 is 16.9 Å². The SMILES string of the molecule is Nc1ncc2ccc(C3CCN(C4COC4)CC3)cc2n1. The number of piperidine rings is 1. The van der Waals surface area contributed by atoms with Gasteiger partial charge in [-0.1, -0.05) is 12.1 Å². The molecule has 2 aliphatic heterocycles. The third-order valence-electron chi connectivity index (χ3n) is 4.76. The summed E-state index contributed by atoms with van der Waals surface area (Å²) < 4.78 is 5.29. The van der Waals surface area contributed by atoms with Crippen LogP contribution in [0, 0.1) is 0 Å². The minimum absolute atomic E-state index is 0.347. The van der Waals surface area contributed by atoms with Crippen LogP contribution in [0.1, 0.15) is 24.3 Å². The molecule has 110 valence electrons. The Kier molecular flexibility index (Phi) is 3.24. The number of aromatic nitrogens is 2. The highest BCUT2D eigenvalue weighted by Gasteiger charge is 2.30. The molecule has 2 aliphatic rings. The number of anilines is 1. The second kappa shape index (κ2) is 5.24. The molecule has 0 radical (unpaired) electrons. The molecule has 0 spiro atoms. The maximum atomic E-state index is 5.68. The summed E-state index contributed by atoms with van der Waals surface area (Å²) in [5, 5.41) is 1.05. The summed E-state index contributed by atoms with van der Waals surface area (Å²) in [5.74, 6) is 0.974. The quantitative estimate of drug-likeness (QED) is 0.911. The van der Waals surface area contributed by atoms with Gasteiger partial charge in [0.1, 0.15) is 0 Å². The topological polar surface area (TPSA) is 64.3 Å². The van der Waals surface area contributed by atoms with E-state index in [0.717, 1.165) is 24.1 Å². The maximum Gasteiger partial charge on any atom is 0.220 e. The van der Waals surface area contributed by atoms with Crippen LogP contribution in [0.15, 0.2) is 24.4 Å². The lowest BCUT2D eigenvalue weighted by atomic mass is 9.88. The molecule has 0 bridgehead atoms. The molecule has 3 heterocycles. The van der Waals surface area contributed by atoms with Crippen LogP contribution in [0.25, 0.3) is 10.9 Å². The fourth-order valence-corrected chi connectivity index (χ4v) is 3.34. The van der Waals surface area contributed by atoms with Crippen molar-refractivity contribution in [2.24, 2.45) is 0 Å². The third-order valence-corrected chi connectivity index (χ3v) is 4.76. The van der Waals surface area contributed by atoms with Crippen molar-refractivity contribution < 1.29 is 4.74 Å². The first-order valence-electron chi connectivity index (χ1n) is 7.63. The Morgan fingerprint density at radius 3 is 2.71 bits per heavy atom. The predicted molar refractivity (Wildman–Crippen MR) is 82.1 cm³/mol. The van der Waals surface area contributed by atoms with Crippen molar-refractivity contribution in [3.05, 3.63) is 30.0 Å². The molecule has 5 nitrogen and oxygen atoms in total. The summed E-state index contributed by atoms with van der Waals surface area (Å²) in [5.41, 5.74) is 8.02. The molecule has 2 saturated heterocycles. The summed E-state index contributed by atoms with van der Waals surface area (Å²) >= 11 is 0. The number of likely N-dealkylation sites (tertiary alicyclic amines) is 1. The molecule has 0 aliphatic carbocycles. The van der Waals surface area contributed by atoms with E-state index in [-0.39, 0.29) is 0 Å². The van der Waals surface area contributed by atoms with E-state index < -0.39 is 0 Å². The lowest BCUT2D eigenvalue weighted by Gasteiger charge is -2.41. The first-order chi connectivity index (χ1) is 10.3. The van der Waals surface area contributed by atoms with Gasteiger partial charge in [0.05, 0.1) is 24.8 Å². The second-order valence-corrected chi connectivity index (χ2v) is 6.05. The fraction of sp³-hybridized carbons (Fsp3) is 0.500. The second-order valence-electron chi connectivity index (χ2n) is 6.05. The number of nitrogens with two attached hydrogens (primary N) is 1. The molecule has 0 saturated carbocycles.